The highest BCUT2D eigenvalue weighted by molar-refractivity contribution is 7.13. The number of thiazole rings is 1. The number of carbonyl (C=O) groups excluding carboxylic acids is 2. The molecular formula is C29H20ClN3O2S. The van der Waals surface area contributed by atoms with E-state index in [-0.39, 0.29) is 18.1 Å². The van der Waals surface area contributed by atoms with Gasteiger partial charge in [0.15, 0.2) is 5.78 Å². The molecule has 5 aromatic rings. The first-order chi connectivity index (χ1) is 17.6. The number of benzene rings is 3. The van der Waals surface area contributed by atoms with Gasteiger partial charge in [-0.1, -0.05) is 66.2 Å². The number of rotatable bonds is 7. The number of aromatic nitrogens is 2. The number of hydrogen-bond acceptors (Lipinski definition) is 5. The molecule has 1 amide bonds. The van der Waals surface area contributed by atoms with Gasteiger partial charge in [0.1, 0.15) is 5.01 Å². The molecule has 176 valence electrons. The van der Waals surface area contributed by atoms with Gasteiger partial charge in [0.05, 0.1) is 17.8 Å². The largest absolute Gasteiger partial charge is 0.325 e. The first-order valence-corrected chi connectivity index (χ1v) is 12.5. The van der Waals surface area contributed by atoms with Crippen LogP contribution in [0.2, 0.25) is 5.02 Å². The Morgan fingerprint density at radius 2 is 1.61 bits per heavy atom. The van der Waals surface area contributed by atoms with E-state index in [2.05, 4.69) is 10.3 Å². The van der Waals surface area contributed by atoms with Crippen LogP contribution in [0.1, 0.15) is 21.5 Å². The molecule has 0 fully saturated rings. The Morgan fingerprint density at radius 3 is 2.36 bits per heavy atom. The molecule has 0 spiro atoms. The van der Waals surface area contributed by atoms with Gasteiger partial charge in [-0.25, -0.2) is 4.98 Å². The number of carbonyl (C=O) groups is 2. The number of amides is 1. The highest BCUT2D eigenvalue weighted by atomic mass is 35.5. The van der Waals surface area contributed by atoms with E-state index in [9.17, 15) is 9.59 Å². The number of pyridine rings is 1. The van der Waals surface area contributed by atoms with E-state index in [1.807, 2.05) is 47.8 Å². The third-order valence-corrected chi connectivity index (χ3v) is 6.71. The van der Waals surface area contributed by atoms with E-state index in [1.54, 1.807) is 66.2 Å². The summed E-state index contributed by atoms with van der Waals surface area (Å²) in [5, 5.41) is 6.25. The fourth-order valence-electron chi connectivity index (χ4n) is 3.76. The van der Waals surface area contributed by atoms with Crippen molar-refractivity contribution in [2.75, 3.05) is 5.32 Å². The standard InChI is InChI=1S/C29H20ClN3O2S/c30-23-10-11-25(24(17-23)28(35)21-4-2-1-3-5-21)32-27(34)16-19-6-8-20(9-7-19)26-18-36-29(33-26)22-12-14-31-15-13-22/h1-15,17-18H,16H2,(H,32,34). The summed E-state index contributed by atoms with van der Waals surface area (Å²) in [5.74, 6) is -0.423. The molecule has 2 aromatic heterocycles. The zero-order chi connectivity index (χ0) is 24.9. The maximum Gasteiger partial charge on any atom is 0.228 e. The van der Waals surface area contributed by atoms with Gasteiger partial charge in [-0.15, -0.1) is 11.3 Å². The molecule has 1 N–H and O–H groups in total. The van der Waals surface area contributed by atoms with Gasteiger partial charge in [-0.3, -0.25) is 14.6 Å². The SMILES string of the molecule is O=C(Cc1ccc(-c2csc(-c3ccncc3)n2)cc1)Nc1ccc(Cl)cc1C(=O)c1ccccc1. The van der Waals surface area contributed by atoms with Gasteiger partial charge in [0.2, 0.25) is 5.91 Å². The quantitative estimate of drug-likeness (QED) is 0.241. The van der Waals surface area contributed by atoms with Gasteiger partial charge in [0, 0.05) is 45.1 Å². The van der Waals surface area contributed by atoms with Crippen LogP contribution in [-0.2, 0) is 11.2 Å². The third-order valence-electron chi connectivity index (χ3n) is 5.58. The van der Waals surface area contributed by atoms with Crippen LogP contribution in [0.15, 0.2) is 103 Å². The summed E-state index contributed by atoms with van der Waals surface area (Å²) in [6.45, 7) is 0. The Labute approximate surface area is 217 Å². The third kappa shape index (κ3) is 5.40. The molecule has 0 unspecified atom stereocenters. The molecule has 0 saturated heterocycles. The molecule has 0 aliphatic heterocycles. The van der Waals surface area contributed by atoms with Crippen molar-refractivity contribution in [3.63, 3.8) is 0 Å². The lowest BCUT2D eigenvalue weighted by molar-refractivity contribution is -0.115. The van der Waals surface area contributed by atoms with Crippen LogP contribution in [0.25, 0.3) is 21.8 Å². The summed E-state index contributed by atoms with van der Waals surface area (Å²) in [6.07, 6.45) is 3.67. The molecule has 0 bridgehead atoms. The molecule has 0 radical (unpaired) electrons. The number of nitrogens with one attached hydrogen (secondary N) is 1. The molecule has 36 heavy (non-hydrogen) atoms. The van der Waals surface area contributed by atoms with Crippen molar-refractivity contribution in [1.29, 1.82) is 0 Å². The first kappa shape index (κ1) is 23.6. The van der Waals surface area contributed by atoms with E-state index in [1.165, 1.54) is 0 Å². The van der Waals surface area contributed by atoms with Crippen LogP contribution in [-0.4, -0.2) is 21.7 Å². The van der Waals surface area contributed by atoms with Crippen molar-refractivity contribution >= 4 is 40.3 Å². The van der Waals surface area contributed by atoms with Gasteiger partial charge in [-0.05, 0) is 35.9 Å². The predicted octanol–water partition coefficient (Wildman–Crippen LogP) is 6.94. The number of halogens is 1. The van der Waals surface area contributed by atoms with Crippen molar-refractivity contribution in [1.82, 2.24) is 9.97 Å². The normalized spacial score (nSPS) is 10.7. The molecule has 0 atom stereocenters. The van der Waals surface area contributed by atoms with Crippen molar-refractivity contribution in [2.45, 2.75) is 6.42 Å². The predicted molar refractivity (Wildman–Crippen MR) is 144 cm³/mol. The number of nitrogens with zero attached hydrogens (tertiary/aromatic N) is 2. The minimum absolute atomic E-state index is 0.168. The Hall–Kier alpha value is -4.13. The highest BCUT2D eigenvalue weighted by Gasteiger charge is 2.16. The summed E-state index contributed by atoms with van der Waals surface area (Å²) >= 11 is 7.72. The molecule has 3 aromatic carbocycles. The number of hydrogen-bond donors (Lipinski definition) is 1. The van der Waals surface area contributed by atoms with E-state index < -0.39 is 0 Å². The summed E-state index contributed by atoms with van der Waals surface area (Å²) < 4.78 is 0. The molecule has 0 aliphatic rings. The summed E-state index contributed by atoms with van der Waals surface area (Å²) in [7, 11) is 0. The van der Waals surface area contributed by atoms with Gasteiger partial charge in [-0.2, -0.15) is 0 Å². The Kier molecular flexibility index (Phi) is 6.98. The van der Waals surface area contributed by atoms with Gasteiger partial charge >= 0.3 is 0 Å². The molecule has 7 heteroatoms. The first-order valence-electron chi connectivity index (χ1n) is 11.2. The van der Waals surface area contributed by atoms with E-state index in [4.69, 9.17) is 16.6 Å². The van der Waals surface area contributed by atoms with E-state index >= 15 is 0 Å². The van der Waals surface area contributed by atoms with Gasteiger partial charge in [0.25, 0.3) is 0 Å². The van der Waals surface area contributed by atoms with Crippen molar-refractivity contribution in [3.8, 4) is 21.8 Å². The van der Waals surface area contributed by atoms with E-state index in [0.717, 1.165) is 27.4 Å². The summed E-state index contributed by atoms with van der Waals surface area (Å²) in [5.41, 5.74) is 5.05. The lowest BCUT2D eigenvalue weighted by Gasteiger charge is -2.11. The van der Waals surface area contributed by atoms with Crippen LogP contribution in [0.3, 0.4) is 0 Å². The molecular weight excluding hydrogens is 490 g/mol. The number of ketones is 1. The fourth-order valence-corrected chi connectivity index (χ4v) is 4.77. The minimum Gasteiger partial charge on any atom is -0.325 e. The lowest BCUT2D eigenvalue weighted by Crippen LogP contribution is -2.17. The maximum atomic E-state index is 13.0. The topological polar surface area (TPSA) is 72.0 Å². The van der Waals surface area contributed by atoms with Crippen LogP contribution in [0, 0.1) is 0 Å². The molecule has 0 aliphatic carbocycles. The van der Waals surface area contributed by atoms with Crippen LogP contribution >= 0.6 is 22.9 Å². The monoisotopic (exact) mass is 509 g/mol. The van der Waals surface area contributed by atoms with Crippen molar-refractivity contribution < 1.29 is 9.59 Å². The second kappa shape index (κ2) is 10.6. The number of anilines is 1. The fraction of sp³-hybridized carbons (Fsp3) is 0.0345. The summed E-state index contributed by atoms with van der Waals surface area (Å²) in [6, 6.07) is 25.4. The average Bonchev–Trinajstić information content (AvgIpc) is 3.41. The second-order valence-corrected chi connectivity index (χ2v) is 9.38. The zero-order valence-electron chi connectivity index (χ0n) is 19.0. The second-order valence-electron chi connectivity index (χ2n) is 8.08. The molecule has 5 rings (SSSR count). The van der Waals surface area contributed by atoms with Crippen molar-refractivity contribution in [3.05, 3.63) is 124 Å². The Balaban J connectivity index is 1.28. The maximum absolute atomic E-state index is 13.0. The van der Waals surface area contributed by atoms with Crippen molar-refractivity contribution in [2.24, 2.45) is 0 Å². The Bertz CT molecular complexity index is 1520. The molecule has 2 heterocycles. The van der Waals surface area contributed by atoms with Crippen LogP contribution < -0.4 is 5.32 Å². The molecule has 5 nitrogen and oxygen atoms in total. The van der Waals surface area contributed by atoms with E-state index in [0.29, 0.717) is 21.8 Å². The smallest absolute Gasteiger partial charge is 0.228 e. The average molecular weight is 510 g/mol. The van der Waals surface area contributed by atoms with Crippen LogP contribution in [0.5, 0.6) is 0 Å². The minimum atomic E-state index is -0.221. The Morgan fingerprint density at radius 1 is 0.861 bits per heavy atom. The zero-order valence-corrected chi connectivity index (χ0v) is 20.6. The van der Waals surface area contributed by atoms with Gasteiger partial charge < -0.3 is 5.32 Å². The lowest BCUT2D eigenvalue weighted by atomic mass is 10.0. The summed E-state index contributed by atoms with van der Waals surface area (Å²) in [4.78, 5) is 34.6. The molecule has 0 saturated carbocycles. The van der Waals surface area contributed by atoms with Crippen LogP contribution in [0.4, 0.5) is 5.69 Å². The highest BCUT2D eigenvalue weighted by Crippen LogP contribution is 2.29.